The number of hydrogen-bond acceptors (Lipinski definition) is 6. The fourth-order valence-electron chi connectivity index (χ4n) is 3.19. The Bertz CT molecular complexity index is 1240. The molecule has 0 aliphatic carbocycles. The van der Waals surface area contributed by atoms with Crippen molar-refractivity contribution in [1.82, 2.24) is 19.7 Å². The van der Waals surface area contributed by atoms with E-state index in [0.717, 1.165) is 27.4 Å². The minimum Gasteiger partial charge on any atom is -0.497 e. The first-order chi connectivity index (χ1) is 15.0. The molecular weight excluding hydrogens is 430 g/mol. The Morgan fingerprint density at radius 1 is 1.16 bits per heavy atom. The van der Waals surface area contributed by atoms with Gasteiger partial charge in [0.05, 0.1) is 17.7 Å². The number of carbonyl (C=O) groups is 1. The number of H-pyrrole nitrogens is 1. The number of rotatable bonds is 7. The zero-order valence-electron chi connectivity index (χ0n) is 17.1. The second-order valence-electron chi connectivity index (χ2n) is 6.83. The lowest BCUT2D eigenvalue weighted by molar-refractivity contribution is -0.116. The van der Waals surface area contributed by atoms with E-state index in [9.17, 15) is 4.79 Å². The highest BCUT2D eigenvalue weighted by molar-refractivity contribution is 7.71. The molecule has 0 aliphatic rings. The van der Waals surface area contributed by atoms with Gasteiger partial charge < -0.3 is 10.1 Å². The van der Waals surface area contributed by atoms with Gasteiger partial charge in [-0.2, -0.15) is 5.10 Å². The van der Waals surface area contributed by atoms with Crippen LogP contribution in [-0.2, 0) is 11.3 Å². The smallest absolute Gasteiger partial charge is 0.227 e. The van der Waals surface area contributed by atoms with Crippen molar-refractivity contribution in [1.29, 1.82) is 0 Å². The van der Waals surface area contributed by atoms with Crippen molar-refractivity contribution >= 4 is 34.6 Å². The molecule has 0 saturated heterocycles. The van der Waals surface area contributed by atoms with Crippen LogP contribution in [0.1, 0.15) is 12.1 Å². The zero-order chi connectivity index (χ0) is 21.8. The fourth-order valence-corrected chi connectivity index (χ4v) is 4.40. The molecule has 0 bridgehead atoms. The number of amides is 1. The van der Waals surface area contributed by atoms with Crippen LogP contribution in [0.15, 0.2) is 54.6 Å². The summed E-state index contributed by atoms with van der Waals surface area (Å²) in [5.74, 6) is 1.31. The lowest BCUT2D eigenvalue weighted by Gasteiger charge is -2.07. The largest absolute Gasteiger partial charge is 0.497 e. The quantitative estimate of drug-likeness (QED) is 0.383. The zero-order valence-corrected chi connectivity index (χ0v) is 18.7. The van der Waals surface area contributed by atoms with Crippen molar-refractivity contribution in [3.8, 4) is 27.6 Å². The molecule has 2 aromatic carbocycles. The third kappa shape index (κ3) is 4.73. The molecule has 0 radical (unpaired) electrons. The molecule has 2 aromatic heterocycles. The Hall–Kier alpha value is -3.30. The van der Waals surface area contributed by atoms with Crippen LogP contribution < -0.4 is 10.1 Å². The summed E-state index contributed by atoms with van der Waals surface area (Å²) < 4.78 is 7.49. The van der Waals surface area contributed by atoms with E-state index in [4.69, 9.17) is 17.0 Å². The van der Waals surface area contributed by atoms with E-state index >= 15 is 0 Å². The number of aryl methyl sites for hydroxylation is 1. The van der Waals surface area contributed by atoms with Gasteiger partial charge in [0.15, 0.2) is 15.7 Å². The Kier molecular flexibility index (Phi) is 6.24. The number of nitrogens with one attached hydrogen (secondary N) is 2. The van der Waals surface area contributed by atoms with Crippen LogP contribution in [0.25, 0.3) is 21.8 Å². The summed E-state index contributed by atoms with van der Waals surface area (Å²) in [7, 11) is 1.62. The molecule has 1 amide bonds. The van der Waals surface area contributed by atoms with Crippen molar-refractivity contribution in [2.24, 2.45) is 0 Å². The maximum Gasteiger partial charge on any atom is 0.227 e. The fraction of sp³-hybridized carbons (Fsp3) is 0.182. The topological polar surface area (TPSA) is 84.8 Å². The SMILES string of the molecule is COc1ccc(-c2n[nH]c(=S)n2CCC(=O)Nc2nc(C)c(-c3ccccc3)s2)cc1. The van der Waals surface area contributed by atoms with Crippen molar-refractivity contribution < 1.29 is 9.53 Å². The van der Waals surface area contributed by atoms with E-state index in [1.54, 1.807) is 7.11 Å². The van der Waals surface area contributed by atoms with Crippen LogP contribution in [0.4, 0.5) is 5.13 Å². The number of aromatic amines is 1. The molecule has 31 heavy (non-hydrogen) atoms. The highest BCUT2D eigenvalue weighted by atomic mass is 32.1. The summed E-state index contributed by atoms with van der Waals surface area (Å²) in [6.07, 6.45) is 0.246. The van der Waals surface area contributed by atoms with Crippen LogP contribution in [-0.4, -0.2) is 32.8 Å². The maximum atomic E-state index is 12.6. The molecule has 7 nitrogen and oxygen atoms in total. The van der Waals surface area contributed by atoms with E-state index in [0.29, 0.717) is 22.3 Å². The van der Waals surface area contributed by atoms with E-state index in [-0.39, 0.29) is 12.3 Å². The summed E-state index contributed by atoms with van der Waals surface area (Å²) in [5.41, 5.74) is 2.87. The Labute approximate surface area is 188 Å². The molecule has 0 saturated carbocycles. The predicted octanol–water partition coefficient (Wildman–Crippen LogP) is 5.08. The van der Waals surface area contributed by atoms with Gasteiger partial charge in [-0.1, -0.05) is 41.7 Å². The van der Waals surface area contributed by atoms with E-state index in [1.807, 2.05) is 66.1 Å². The highest BCUT2D eigenvalue weighted by Crippen LogP contribution is 2.32. The van der Waals surface area contributed by atoms with Gasteiger partial charge in [-0.3, -0.25) is 14.5 Å². The van der Waals surface area contributed by atoms with Gasteiger partial charge in [-0.25, -0.2) is 4.98 Å². The number of methoxy groups -OCH3 is 1. The molecule has 158 valence electrons. The molecule has 0 aliphatic heterocycles. The summed E-state index contributed by atoms with van der Waals surface area (Å²) in [6, 6.07) is 17.6. The van der Waals surface area contributed by atoms with Crippen molar-refractivity contribution in [3.05, 3.63) is 65.1 Å². The predicted molar refractivity (Wildman–Crippen MR) is 125 cm³/mol. The van der Waals surface area contributed by atoms with Gasteiger partial charge >= 0.3 is 0 Å². The molecule has 9 heteroatoms. The van der Waals surface area contributed by atoms with Gasteiger partial charge in [0.1, 0.15) is 5.75 Å². The first-order valence-corrected chi connectivity index (χ1v) is 10.9. The molecule has 4 aromatic rings. The van der Waals surface area contributed by atoms with Crippen molar-refractivity contribution in [2.75, 3.05) is 12.4 Å². The normalized spacial score (nSPS) is 10.8. The summed E-state index contributed by atoms with van der Waals surface area (Å²) in [5, 5.41) is 10.6. The van der Waals surface area contributed by atoms with Gasteiger partial charge in [0, 0.05) is 18.5 Å². The Balaban J connectivity index is 1.44. The molecule has 0 atom stereocenters. The lowest BCUT2D eigenvalue weighted by atomic mass is 10.2. The van der Waals surface area contributed by atoms with Gasteiger partial charge in [0.25, 0.3) is 0 Å². The molecule has 2 N–H and O–H groups in total. The molecular formula is C22H21N5O2S2. The average molecular weight is 452 g/mol. The second-order valence-corrected chi connectivity index (χ2v) is 8.22. The number of thiazole rings is 1. The van der Waals surface area contributed by atoms with Crippen molar-refractivity contribution in [2.45, 2.75) is 19.9 Å². The average Bonchev–Trinajstić information content (AvgIpc) is 3.34. The van der Waals surface area contributed by atoms with E-state index < -0.39 is 0 Å². The number of benzene rings is 2. The van der Waals surface area contributed by atoms with Gasteiger partial charge in [0.2, 0.25) is 5.91 Å². The van der Waals surface area contributed by atoms with Gasteiger partial charge in [-0.15, -0.1) is 0 Å². The minimum atomic E-state index is -0.128. The number of ether oxygens (including phenoxy) is 1. The summed E-state index contributed by atoms with van der Waals surface area (Å²) in [4.78, 5) is 18.1. The third-order valence-electron chi connectivity index (χ3n) is 4.75. The molecule has 0 spiro atoms. The lowest BCUT2D eigenvalue weighted by Crippen LogP contribution is -2.15. The third-order valence-corrected chi connectivity index (χ3v) is 6.18. The van der Waals surface area contributed by atoms with Crippen LogP contribution in [0.2, 0.25) is 0 Å². The van der Waals surface area contributed by atoms with E-state index in [1.165, 1.54) is 11.3 Å². The van der Waals surface area contributed by atoms with Crippen molar-refractivity contribution in [3.63, 3.8) is 0 Å². The second kappa shape index (κ2) is 9.23. The number of anilines is 1. The number of carbonyl (C=O) groups excluding carboxylic acids is 1. The molecule has 4 rings (SSSR count). The van der Waals surface area contributed by atoms with Gasteiger partial charge in [-0.05, 0) is 49.0 Å². The van der Waals surface area contributed by atoms with Crippen LogP contribution in [0, 0.1) is 11.7 Å². The van der Waals surface area contributed by atoms with Crippen LogP contribution in [0.3, 0.4) is 0 Å². The Morgan fingerprint density at radius 3 is 2.61 bits per heavy atom. The highest BCUT2D eigenvalue weighted by Gasteiger charge is 2.14. The monoisotopic (exact) mass is 451 g/mol. The summed E-state index contributed by atoms with van der Waals surface area (Å²) in [6.45, 7) is 2.35. The van der Waals surface area contributed by atoms with Crippen LogP contribution >= 0.6 is 23.6 Å². The first-order valence-electron chi connectivity index (χ1n) is 9.67. The molecule has 2 heterocycles. The number of hydrogen-bond donors (Lipinski definition) is 2. The molecule has 0 unspecified atom stereocenters. The minimum absolute atomic E-state index is 0.128. The first kappa shape index (κ1) is 21.0. The maximum absolute atomic E-state index is 12.6. The summed E-state index contributed by atoms with van der Waals surface area (Å²) >= 11 is 6.83. The number of aromatic nitrogens is 4. The van der Waals surface area contributed by atoms with E-state index in [2.05, 4.69) is 20.5 Å². The number of nitrogens with zero attached hydrogens (tertiary/aromatic N) is 3. The standard InChI is InChI=1S/C22H21N5O2S2/c1-14-19(15-6-4-3-5-7-15)31-21(23-14)24-18(28)12-13-27-20(25-26-22(27)30)16-8-10-17(29-2)11-9-16/h3-11H,12-13H2,1-2H3,(H,26,30)(H,23,24,28). The Morgan fingerprint density at radius 2 is 1.90 bits per heavy atom. The van der Waals surface area contributed by atoms with Crippen LogP contribution in [0.5, 0.6) is 5.75 Å². The molecule has 0 fully saturated rings.